The van der Waals surface area contributed by atoms with Crippen LogP contribution in [-0.4, -0.2) is 41.8 Å². The maximum Gasteiger partial charge on any atom is 0.244 e. The van der Waals surface area contributed by atoms with Crippen molar-refractivity contribution >= 4 is 40.6 Å². The molecule has 44 heavy (non-hydrogen) atoms. The van der Waals surface area contributed by atoms with Crippen molar-refractivity contribution in [1.82, 2.24) is 10.2 Å². The first kappa shape index (κ1) is 29.7. The number of amides is 1. The lowest BCUT2D eigenvalue weighted by Gasteiger charge is -2.59. The van der Waals surface area contributed by atoms with Crippen molar-refractivity contribution in [2.24, 2.45) is 22.7 Å². The highest BCUT2D eigenvalue weighted by atomic mass is 35.5. The van der Waals surface area contributed by atoms with Crippen LogP contribution in [-0.2, 0) is 19.7 Å². The molecule has 1 N–H and O–H groups in total. The Hall–Kier alpha value is -2.95. The summed E-state index contributed by atoms with van der Waals surface area (Å²) in [7, 11) is 0. The molecule has 3 aromatic rings. The van der Waals surface area contributed by atoms with Gasteiger partial charge in [0.1, 0.15) is 17.7 Å². The number of nitrogens with one attached hydrogen (secondary N) is 1. The Morgan fingerprint density at radius 2 is 1.91 bits per heavy atom. The lowest BCUT2D eigenvalue weighted by Crippen LogP contribution is -2.61. The molecule has 5 atom stereocenters. The molecule has 12 heteroatoms. The zero-order chi connectivity index (χ0) is 30.9. The molecular formula is C32H30Cl2F3N3O4. The van der Waals surface area contributed by atoms with E-state index in [2.05, 4.69) is 15.5 Å². The van der Waals surface area contributed by atoms with Crippen molar-refractivity contribution in [2.45, 2.75) is 56.0 Å². The van der Waals surface area contributed by atoms with Gasteiger partial charge >= 0.3 is 0 Å². The Bertz CT molecular complexity index is 1600. The van der Waals surface area contributed by atoms with Crippen LogP contribution in [0.15, 0.2) is 47.2 Å². The minimum Gasteiger partial charge on any atom is -0.425 e. The predicted molar refractivity (Wildman–Crippen MR) is 155 cm³/mol. The maximum absolute atomic E-state index is 16.0. The van der Waals surface area contributed by atoms with Crippen LogP contribution < -0.4 is 5.32 Å². The van der Waals surface area contributed by atoms with Crippen LogP contribution in [0.3, 0.4) is 0 Å². The van der Waals surface area contributed by atoms with Gasteiger partial charge in [0.05, 0.1) is 30.4 Å². The molecule has 0 bridgehead atoms. The van der Waals surface area contributed by atoms with Crippen LogP contribution in [0.1, 0.15) is 67.6 Å². The number of carbonyl (C=O) groups excluding carboxylic acids is 2. The highest BCUT2D eigenvalue weighted by Crippen LogP contribution is 2.77. The van der Waals surface area contributed by atoms with E-state index in [0.29, 0.717) is 35.0 Å². The van der Waals surface area contributed by atoms with E-state index in [4.69, 9.17) is 32.4 Å². The number of nitrogens with zero attached hydrogens (tertiary/aromatic N) is 2. The van der Waals surface area contributed by atoms with E-state index in [1.54, 1.807) is 30.3 Å². The first-order valence-corrected chi connectivity index (χ1v) is 15.5. The fourth-order valence-electron chi connectivity index (χ4n) is 8.94. The summed E-state index contributed by atoms with van der Waals surface area (Å²) in [4.78, 5) is 28.8. The lowest BCUT2D eigenvalue weighted by atomic mass is 9.43. The number of halogens is 5. The molecule has 0 unspecified atom stereocenters. The molecule has 0 radical (unpaired) electrons. The van der Waals surface area contributed by atoms with E-state index in [-0.39, 0.29) is 60.7 Å². The second-order valence-electron chi connectivity index (χ2n) is 13.0. The molecule has 2 aliphatic heterocycles. The molecule has 2 spiro atoms. The average Bonchev–Trinajstić information content (AvgIpc) is 3.71. The topological polar surface area (TPSA) is 94.3 Å². The molecule has 3 heterocycles. The van der Waals surface area contributed by atoms with Gasteiger partial charge in [0.2, 0.25) is 18.2 Å². The van der Waals surface area contributed by atoms with Gasteiger partial charge in [-0.15, -0.1) is 10.2 Å². The first-order valence-electron chi connectivity index (χ1n) is 14.7. The minimum atomic E-state index is -1.47. The first-order chi connectivity index (χ1) is 21.2. The molecule has 1 aromatic heterocycles. The largest absolute Gasteiger partial charge is 0.425 e. The molecule has 232 valence electrons. The van der Waals surface area contributed by atoms with Crippen molar-refractivity contribution in [1.29, 1.82) is 0 Å². The molecule has 1 saturated heterocycles. The SMILES string of the molecule is O=C(C[C@@H]1CC[C@@H](c2nnco2)OC1)[C@@H]1CC2(CC(CF)(CF)C2)[C@@]2(C(=O)Nc3cc(Cl)ccc32)[C@H]1c1cccc(Cl)c1F. The van der Waals surface area contributed by atoms with Gasteiger partial charge in [-0.2, -0.15) is 0 Å². The van der Waals surface area contributed by atoms with Crippen LogP contribution in [0.2, 0.25) is 10.0 Å². The summed E-state index contributed by atoms with van der Waals surface area (Å²) in [6.45, 7) is -1.51. The van der Waals surface area contributed by atoms with Crippen LogP contribution in [0.4, 0.5) is 18.9 Å². The third-order valence-corrected chi connectivity index (χ3v) is 11.1. The number of aromatic nitrogens is 2. The smallest absolute Gasteiger partial charge is 0.244 e. The maximum atomic E-state index is 16.0. The van der Waals surface area contributed by atoms with Crippen molar-refractivity contribution < 1.29 is 31.9 Å². The number of carbonyl (C=O) groups is 2. The van der Waals surface area contributed by atoms with Crippen LogP contribution in [0.5, 0.6) is 0 Å². The quantitative estimate of drug-likeness (QED) is 0.288. The molecule has 7 nitrogen and oxygen atoms in total. The number of hydrogen-bond donors (Lipinski definition) is 1. The van der Waals surface area contributed by atoms with Gasteiger partial charge in [0, 0.05) is 34.4 Å². The van der Waals surface area contributed by atoms with Gasteiger partial charge in [-0.25, -0.2) is 4.39 Å². The van der Waals surface area contributed by atoms with Gasteiger partial charge in [0.15, 0.2) is 0 Å². The number of anilines is 1. The number of rotatable bonds is 7. The van der Waals surface area contributed by atoms with Crippen molar-refractivity contribution in [3.8, 4) is 0 Å². The number of alkyl halides is 2. The Morgan fingerprint density at radius 3 is 2.59 bits per heavy atom. The highest BCUT2D eigenvalue weighted by molar-refractivity contribution is 6.31. The number of ether oxygens (including phenoxy) is 1. The molecule has 2 aromatic carbocycles. The number of benzene rings is 2. The van der Waals surface area contributed by atoms with Gasteiger partial charge in [-0.1, -0.05) is 41.4 Å². The number of hydrogen-bond acceptors (Lipinski definition) is 6. The summed E-state index contributed by atoms with van der Waals surface area (Å²) in [5, 5.41) is 10.8. The van der Waals surface area contributed by atoms with E-state index in [1.165, 1.54) is 12.5 Å². The second-order valence-corrected chi connectivity index (χ2v) is 13.8. The predicted octanol–water partition coefficient (Wildman–Crippen LogP) is 7.34. The summed E-state index contributed by atoms with van der Waals surface area (Å²) in [5.74, 6) is -2.82. The summed E-state index contributed by atoms with van der Waals surface area (Å²) in [6.07, 6.45) is 2.53. The molecule has 2 saturated carbocycles. The minimum absolute atomic E-state index is 0.0450. The number of ketones is 1. The standard InChI is InChI=1S/C32H30Cl2F3N3O4/c33-18-5-6-21-23(9-18)39-29(42)32(21)26(19-2-1-3-22(34)27(19)37)20(10-31(32)12-30(13-31,14-35)15-36)24(41)8-17-4-7-25(43-11-17)28-40-38-16-44-28/h1-3,5-6,9,16-17,20,25-26H,4,7-8,10-15H2,(H,39,42)/t17-,20-,25-,26-,32+/m0/s1. The van der Waals surface area contributed by atoms with Crippen molar-refractivity contribution in [3.63, 3.8) is 0 Å². The monoisotopic (exact) mass is 647 g/mol. The third-order valence-electron chi connectivity index (χ3n) is 10.6. The van der Waals surface area contributed by atoms with Crippen molar-refractivity contribution in [3.05, 3.63) is 75.7 Å². The second kappa shape index (κ2) is 10.8. The van der Waals surface area contributed by atoms with E-state index < -0.39 is 53.2 Å². The summed E-state index contributed by atoms with van der Waals surface area (Å²) in [6, 6.07) is 9.55. The van der Waals surface area contributed by atoms with Gasteiger partial charge in [-0.3, -0.25) is 18.4 Å². The van der Waals surface area contributed by atoms with E-state index in [0.717, 1.165) is 0 Å². The van der Waals surface area contributed by atoms with Crippen LogP contribution in [0, 0.1) is 28.5 Å². The average molecular weight is 649 g/mol. The van der Waals surface area contributed by atoms with E-state index in [1.807, 2.05) is 0 Å². The summed E-state index contributed by atoms with van der Waals surface area (Å²) < 4.78 is 56.0. The molecule has 2 aliphatic carbocycles. The molecule has 1 amide bonds. The molecule has 3 fully saturated rings. The zero-order valence-corrected chi connectivity index (χ0v) is 25.1. The van der Waals surface area contributed by atoms with Crippen molar-refractivity contribution in [2.75, 3.05) is 25.3 Å². The Morgan fingerprint density at radius 1 is 1.11 bits per heavy atom. The summed E-state index contributed by atoms with van der Waals surface area (Å²) >= 11 is 12.6. The molecule has 4 aliphatic rings. The van der Waals surface area contributed by atoms with Gasteiger partial charge in [-0.05, 0) is 72.8 Å². The van der Waals surface area contributed by atoms with Crippen LogP contribution >= 0.6 is 23.2 Å². The Labute approximate surface area is 261 Å². The Balaban J connectivity index is 1.31. The lowest BCUT2D eigenvalue weighted by molar-refractivity contribution is -0.143. The molecular weight excluding hydrogens is 618 g/mol. The zero-order valence-electron chi connectivity index (χ0n) is 23.6. The van der Waals surface area contributed by atoms with Gasteiger partial charge in [0.25, 0.3) is 0 Å². The molecule has 7 rings (SSSR count). The van der Waals surface area contributed by atoms with E-state index >= 15 is 4.39 Å². The summed E-state index contributed by atoms with van der Waals surface area (Å²) in [5.41, 5.74) is -2.59. The Kier molecular flexibility index (Phi) is 7.33. The number of fused-ring (bicyclic) bond motifs is 3. The fraction of sp³-hybridized carbons (Fsp3) is 0.500. The normalized spacial score (nSPS) is 29.9. The van der Waals surface area contributed by atoms with E-state index in [9.17, 15) is 18.4 Å². The van der Waals surface area contributed by atoms with Gasteiger partial charge < -0.3 is 14.5 Å². The number of Topliss-reactive ketones (excluding diaryl/α,β-unsaturated/α-hetero) is 1. The third kappa shape index (κ3) is 4.27. The van der Waals surface area contributed by atoms with Crippen LogP contribution in [0.25, 0.3) is 0 Å². The highest BCUT2D eigenvalue weighted by Gasteiger charge is 2.77. The fourth-order valence-corrected chi connectivity index (χ4v) is 9.29.